The number of fused-ring (bicyclic) bond motifs is 1. The van der Waals surface area contributed by atoms with Gasteiger partial charge in [-0.25, -0.2) is 0 Å². The number of hydrogen-bond donors (Lipinski definition) is 0. The zero-order valence-electron chi connectivity index (χ0n) is 11.2. The van der Waals surface area contributed by atoms with E-state index in [2.05, 4.69) is 59.6 Å². The molecule has 1 aliphatic heterocycles. The Hall–Kier alpha value is -0.915. The molecule has 0 amide bonds. The Morgan fingerprint density at radius 2 is 1.81 bits per heavy atom. The van der Waals surface area contributed by atoms with Crippen molar-refractivity contribution in [3.05, 3.63) is 29.3 Å². The van der Waals surface area contributed by atoms with E-state index in [1.807, 2.05) is 0 Å². The number of benzene rings is 1. The van der Waals surface area contributed by atoms with Crippen LogP contribution in [0.1, 0.15) is 45.7 Å². The minimum Gasteiger partial charge on any atom is -0.560 e. The van der Waals surface area contributed by atoms with Crippen LogP contribution in [0.5, 0.6) is 5.75 Å². The first-order valence-corrected chi connectivity index (χ1v) is 6.04. The quantitative estimate of drug-likeness (QED) is 0.599. The molecule has 0 atom stereocenters. The maximum Gasteiger partial charge on any atom is 0.364 e. The Morgan fingerprint density at radius 1 is 1.19 bits per heavy atom. The van der Waals surface area contributed by atoms with Crippen LogP contribution in [0.3, 0.4) is 0 Å². The topological polar surface area (TPSA) is 9.23 Å². The Kier molecular flexibility index (Phi) is 2.38. The maximum atomic E-state index is 5.96. The second-order valence-electron chi connectivity index (χ2n) is 6.44. The van der Waals surface area contributed by atoms with Crippen LogP contribution in [-0.4, -0.2) is 6.92 Å². The fourth-order valence-corrected chi connectivity index (χ4v) is 2.18. The summed E-state index contributed by atoms with van der Waals surface area (Å²) >= 11 is 0. The van der Waals surface area contributed by atoms with Crippen LogP contribution in [0.15, 0.2) is 18.2 Å². The first-order chi connectivity index (χ1) is 7.23. The van der Waals surface area contributed by atoms with Gasteiger partial charge in [0, 0.05) is 5.31 Å². The lowest BCUT2D eigenvalue weighted by atomic mass is 9.48. The average molecular weight is 216 g/mol. The van der Waals surface area contributed by atoms with Gasteiger partial charge in [-0.05, 0) is 29.4 Å². The lowest BCUT2D eigenvalue weighted by molar-refractivity contribution is 0.563. The molecular weight excluding hydrogens is 195 g/mol. The van der Waals surface area contributed by atoms with Gasteiger partial charge < -0.3 is 4.65 Å². The Balaban J connectivity index is 2.49. The van der Waals surface area contributed by atoms with Gasteiger partial charge in [0.15, 0.2) is 0 Å². The third-order valence-corrected chi connectivity index (χ3v) is 3.86. The largest absolute Gasteiger partial charge is 0.560 e. The number of rotatable bonds is 0. The molecule has 1 aromatic rings. The van der Waals surface area contributed by atoms with Gasteiger partial charge in [0.05, 0.1) is 0 Å². The van der Waals surface area contributed by atoms with Gasteiger partial charge in [-0.15, -0.1) is 0 Å². The summed E-state index contributed by atoms with van der Waals surface area (Å²) in [6.07, 6.45) is 0. The summed E-state index contributed by atoms with van der Waals surface area (Å²) in [7, 11) is 0. The van der Waals surface area contributed by atoms with E-state index in [0.29, 0.717) is 0 Å². The van der Waals surface area contributed by atoms with Crippen LogP contribution in [-0.2, 0) is 10.7 Å². The van der Waals surface area contributed by atoms with Gasteiger partial charge in [-0.3, -0.25) is 0 Å². The van der Waals surface area contributed by atoms with Gasteiger partial charge in [0.1, 0.15) is 5.75 Å². The molecule has 0 aliphatic carbocycles. The van der Waals surface area contributed by atoms with E-state index >= 15 is 0 Å². The van der Waals surface area contributed by atoms with Crippen molar-refractivity contribution >= 4 is 6.92 Å². The molecule has 1 nitrogen and oxygen atoms in total. The summed E-state index contributed by atoms with van der Waals surface area (Å²) in [4.78, 5) is 0. The van der Waals surface area contributed by atoms with Crippen LogP contribution in [0.4, 0.5) is 0 Å². The van der Waals surface area contributed by atoms with Gasteiger partial charge >= 0.3 is 6.92 Å². The molecular formula is C14H21BO. The molecule has 2 heteroatoms. The highest BCUT2D eigenvalue weighted by molar-refractivity contribution is 6.56. The van der Waals surface area contributed by atoms with Gasteiger partial charge in [-0.2, -0.15) is 0 Å². The van der Waals surface area contributed by atoms with Gasteiger partial charge in [0.25, 0.3) is 0 Å². The normalized spacial score (nSPS) is 18.2. The molecule has 0 aromatic heterocycles. The van der Waals surface area contributed by atoms with E-state index in [9.17, 15) is 0 Å². The summed E-state index contributed by atoms with van der Waals surface area (Å²) in [6.45, 7) is 13.6. The van der Waals surface area contributed by atoms with E-state index in [0.717, 1.165) is 5.75 Å². The standard InChI is InChI=1S/C14H21BO/c1-13(2,3)10-7-8-11-12(9-10)16-15(6)14(11,4)5/h7-9H,1-6H3. The first kappa shape index (κ1) is 11.6. The summed E-state index contributed by atoms with van der Waals surface area (Å²) in [5, 5.41) is 0.131. The lowest BCUT2D eigenvalue weighted by Gasteiger charge is -2.21. The highest BCUT2D eigenvalue weighted by atomic mass is 16.4. The molecule has 0 saturated heterocycles. The van der Waals surface area contributed by atoms with Crippen molar-refractivity contribution in [2.75, 3.05) is 0 Å². The predicted octanol–water partition coefficient (Wildman–Crippen LogP) is 3.81. The SMILES string of the molecule is CB1Oc2cc(C(C)(C)C)ccc2C1(C)C. The van der Waals surface area contributed by atoms with Crippen molar-refractivity contribution in [2.45, 2.75) is 52.2 Å². The lowest BCUT2D eigenvalue weighted by Crippen LogP contribution is -2.33. The van der Waals surface area contributed by atoms with Gasteiger partial charge in [-0.1, -0.05) is 46.8 Å². The van der Waals surface area contributed by atoms with Crippen LogP contribution < -0.4 is 4.65 Å². The van der Waals surface area contributed by atoms with E-state index in [1.54, 1.807) is 0 Å². The van der Waals surface area contributed by atoms with Crippen LogP contribution in [0.2, 0.25) is 6.82 Å². The van der Waals surface area contributed by atoms with Crippen molar-refractivity contribution in [1.82, 2.24) is 0 Å². The molecule has 2 rings (SSSR count). The maximum absolute atomic E-state index is 5.96. The highest BCUT2D eigenvalue weighted by Gasteiger charge is 2.42. The van der Waals surface area contributed by atoms with Crippen molar-refractivity contribution in [1.29, 1.82) is 0 Å². The third kappa shape index (κ3) is 1.64. The Labute approximate surface area is 99.3 Å². The smallest absolute Gasteiger partial charge is 0.364 e. The summed E-state index contributed by atoms with van der Waals surface area (Å²) < 4.78 is 5.96. The van der Waals surface area contributed by atoms with Crippen molar-refractivity contribution < 1.29 is 4.65 Å². The summed E-state index contributed by atoms with van der Waals surface area (Å²) in [5.41, 5.74) is 2.87. The van der Waals surface area contributed by atoms with E-state index in [-0.39, 0.29) is 17.6 Å². The Bertz CT molecular complexity index is 415. The zero-order valence-corrected chi connectivity index (χ0v) is 11.2. The van der Waals surface area contributed by atoms with Crippen molar-refractivity contribution in [3.8, 4) is 5.75 Å². The minimum absolute atomic E-state index is 0.131. The molecule has 0 spiro atoms. The summed E-state index contributed by atoms with van der Waals surface area (Å²) in [5.74, 6) is 1.07. The Morgan fingerprint density at radius 3 is 2.38 bits per heavy atom. The molecule has 0 fully saturated rings. The van der Waals surface area contributed by atoms with Crippen LogP contribution in [0.25, 0.3) is 0 Å². The van der Waals surface area contributed by atoms with Gasteiger partial charge in [0.2, 0.25) is 0 Å². The average Bonchev–Trinajstić information content (AvgIpc) is 2.36. The summed E-state index contributed by atoms with van der Waals surface area (Å²) in [6, 6.07) is 6.68. The third-order valence-electron chi connectivity index (χ3n) is 3.86. The molecule has 0 radical (unpaired) electrons. The molecule has 0 N–H and O–H groups in total. The van der Waals surface area contributed by atoms with Crippen molar-refractivity contribution in [2.24, 2.45) is 0 Å². The van der Waals surface area contributed by atoms with E-state index in [4.69, 9.17) is 4.65 Å². The van der Waals surface area contributed by atoms with E-state index in [1.165, 1.54) is 11.1 Å². The zero-order chi connectivity index (χ0) is 12.1. The number of hydrogen-bond acceptors (Lipinski definition) is 1. The molecule has 0 bridgehead atoms. The fourth-order valence-electron chi connectivity index (χ4n) is 2.18. The molecule has 0 saturated carbocycles. The molecule has 86 valence electrons. The second kappa shape index (κ2) is 3.29. The predicted molar refractivity (Wildman–Crippen MR) is 70.4 cm³/mol. The highest BCUT2D eigenvalue weighted by Crippen LogP contribution is 2.42. The minimum atomic E-state index is 0.131. The molecule has 16 heavy (non-hydrogen) atoms. The van der Waals surface area contributed by atoms with Crippen LogP contribution in [0, 0.1) is 0 Å². The monoisotopic (exact) mass is 216 g/mol. The van der Waals surface area contributed by atoms with Crippen molar-refractivity contribution in [3.63, 3.8) is 0 Å². The molecule has 1 aliphatic rings. The van der Waals surface area contributed by atoms with E-state index < -0.39 is 0 Å². The molecule has 1 aromatic carbocycles. The first-order valence-electron chi connectivity index (χ1n) is 6.04. The molecule has 0 unspecified atom stereocenters. The molecule has 1 heterocycles. The fraction of sp³-hybridized carbons (Fsp3) is 0.571. The second-order valence-corrected chi connectivity index (χ2v) is 6.44. The van der Waals surface area contributed by atoms with Crippen LogP contribution >= 0.6 is 0 Å².